The van der Waals surface area contributed by atoms with Gasteiger partial charge in [0.2, 0.25) is 0 Å². The fraction of sp³-hybridized carbons (Fsp3) is 1.00. The Balaban J connectivity index is 4.60. The minimum absolute atomic E-state index is 0.404. The summed E-state index contributed by atoms with van der Waals surface area (Å²) in [5.41, 5.74) is -1.01. The smallest absolute Gasteiger partial charge is 0.104 e. The molecule has 0 aromatic rings. The first-order valence-electron chi connectivity index (χ1n) is 7.75. The highest BCUT2D eigenvalue weighted by molar-refractivity contribution is 4.90. The van der Waals surface area contributed by atoms with Crippen molar-refractivity contribution in [1.82, 2.24) is 10.2 Å². The third-order valence-corrected chi connectivity index (χ3v) is 3.68. The lowest BCUT2D eigenvalue weighted by molar-refractivity contribution is -0.0990. The zero-order valence-corrected chi connectivity index (χ0v) is 13.4. The fourth-order valence-electron chi connectivity index (χ4n) is 2.30. The van der Waals surface area contributed by atoms with Gasteiger partial charge in [0.25, 0.3) is 0 Å². The van der Waals surface area contributed by atoms with Gasteiger partial charge in [0.15, 0.2) is 0 Å². The van der Waals surface area contributed by atoms with Gasteiger partial charge in [-0.25, -0.2) is 0 Å². The Labute approximate surface area is 119 Å². The van der Waals surface area contributed by atoms with Gasteiger partial charge in [-0.3, -0.25) is 0 Å². The quantitative estimate of drug-likeness (QED) is 0.536. The lowest BCUT2D eigenvalue weighted by atomic mass is 9.89. The van der Waals surface area contributed by atoms with E-state index in [0.717, 1.165) is 26.1 Å². The molecule has 0 amide bonds. The first-order valence-corrected chi connectivity index (χ1v) is 7.75. The molecule has 0 radical (unpaired) electrons. The van der Waals surface area contributed by atoms with Crippen molar-refractivity contribution in [2.75, 3.05) is 26.2 Å². The number of hydrogen-bond acceptors (Lipinski definition) is 4. The lowest BCUT2D eigenvalue weighted by Crippen LogP contribution is -2.53. The Morgan fingerprint density at radius 3 is 2.16 bits per heavy atom. The molecule has 4 nitrogen and oxygen atoms in total. The van der Waals surface area contributed by atoms with Crippen molar-refractivity contribution in [1.29, 1.82) is 0 Å². The Hall–Kier alpha value is -0.160. The van der Waals surface area contributed by atoms with Gasteiger partial charge in [0, 0.05) is 12.6 Å². The van der Waals surface area contributed by atoms with E-state index in [0.29, 0.717) is 25.4 Å². The van der Waals surface area contributed by atoms with E-state index in [1.54, 1.807) is 0 Å². The number of hydrogen-bond donors (Lipinski definition) is 3. The van der Waals surface area contributed by atoms with Gasteiger partial charge < -0.3 is 20.4 Å². The molecule has 4 heteroatoms. The fourth-order valence-corrected chi connectivity index (χ4v) is 2.30. The predicted octanol–water partition coefficient (Wildman–Crippen LogP) is 1.61. The molecule has 19 heavy (non-hydrogen) atoms. The van der Waals surface area contributed by atoms with E-state index in [2.05, 4.69) is 37.9 Å². The van der Waals surface area contributed by atoms with Crippen molar-refractivity contribution in [3.63, 3.8) is 0 Å². The topological polar surface area (TPSA) is 55.7 Å². The second-order valence-corrected chi connectivity index (χ2v) is 5.73. The van der Waals surface area contributed by atoms with Crippen LogP contribution in [0.1, 0.15) is 53.9 Å². The SMILES string of the molecule is CCCC(O)C(O)(CCNC(C)C)CN(CC)CC. The average Bonchev–Trinajstić information content (AvgIpc) is 2.35. The van der Waals surface area contributed by atoms with Gasteiger partial charge in [-0.15, -0.1) is 0 Å². The number of aliphatic hydroxyl groups excluding tert-OH is 1. The highest BCUT2D eigenvalue weighted by atomic mass is 16.3. The van der Waals surface area contributed by atoms with Crippen LogP contribution in [0.3, 0.4) is 0 Å². The molecule has 0 bridgehead atoms. The largest absolute Gasteiger partial charge is 0.390 e. The molecule has 0 aromatic carbocycles. The molecule has 2 atom stereocenters. The minimum atomic E-state index is -1.01. The summed E-state index contributed by atoms with van der Waals surface area (Å²) in [5, 5.41) is 24.4. The summed E-state index contributed by atoms with van der Waals surface area (Å²) in [6, 6.07) is 0.404. The molecule has 3 N–H and O–H groups in total. The Morgan fingerprint density at radius 1 is 1.16 bits per heavy atom. The molecule has 0 spiro atoms. The maximum Gasteiger partial charge on any atom is 0.104 e. The van der Waals surface area contributed by atoms with E-state index in [4.69, 9.17) is 0 Å². The summed E-state index contributed by atoms with van der Waals surface area (Å²) >= 11 is 0. The van der Waals surface area contributed by atoms with Crippen molar-refractivity contribution in [2.24, 2.45) is 0 Å². The maximum absolute atomic E-state index is 10.8. The van der Waals surface area contributed by atoms with Crippen LogP contribution in [0.5, 0.6) is 0 Å². The monoisotopic (exact) mass is 274 g/mol. The third kappa shape index (κ3) is 7.25. The highest BCUT2D eigenvalue weighted by Gasteiger charge is 2.35. The van der Waals surface area contributed by atoms with Crippen molar-refractivity contribution < 1.29 is 10.2 Å². The van der Waals surface area contributed by atoms with Crippen molar-refractivity contribution >= 4 is 0 Å². The summed E-state index contributed by atoms with van der Waals surface area (Å²) in [5.74, 6) is 0. The van der Waals surface area contributed by atoms with Gasteiger partial charge in [-0.2, -0.15) is 0 Å². The van der Waals surface area contributed by atoms with Gasteiger partial charge in [-0.05, 0) is 32.5 Å². The van der Waals surface area contributed by atoms with E-state index in [9.17, 15) is 10.2 Å². The molecule has 116 valence electrons. The van der Waals surface area contributed by atoms with E-state index in [1.807, 2.05) is 6.92 Å². The van der Waals surface area contributed by atoms with Crippen LogP contribution in [0.15, 0.2) is 0 Å². The van der Waals surface area contributed by atoms with Crippen molar-refractivity contribution in [3.05, 3.63) is 0 Å². The molecular weight excluding hydrogens is 240 g/mol. The van der Waals surface area contributed by atoms with Crippen LogP contribution >= 0.6 is 0 Å². The van der Waals surface area contributed by atoms with Crippen molar-refractivity contribution in [3.8, 4) is 0 Å². The standard InChI is InChI=1S/C15H34N2O2/c1-6-9-14(18)15(19,10-11-16-13(4)5)12-17(7-2)8-3/h13-14,16,18-19H,6-12H2,1-5H3. The van der Waals surface area contributed by atoms with Crippen LogP contribution in [-0.4, -0.2) is 59.0 Å². The molecular formula is C15H34N2O2. The summed E-state index contributed by atoms with van der Waals surface area (Å²) in [7, 11) is 0. The number of likely N-dealkylation sites (N-methyl/N-ethyl adjacent to an activating group) is 1. The van der Waals surface area contributed by atoms with Crippen LogP contribution in [-0.2, 0) is 0 Å². The molecule has 0 aliphatic rings. The van der Waals surface area contributed by atoms with Crippen LogP contribution in [0.2, 0.25) is 0 Å². The lowest BCUT2D eigenvalue weighted by Gasteiger charge is -2.37. The number of aliphatic hydroxyl groups is 2. The van der Waals surface area contributed by atoms with E-state index < -0.39 is 11.7 Å². The van der Waals surface area contributed by atoms with Gasteiger partial charge in [0.05, 0.1) is 6.10 Å². The summed E-state index contributed by atoms with van der Waals surface area (Å²) in [4.78, 5) is 2.17. The number of nitrogens with zero attached hydrogens (tertiary/aromatic N) is 1. The van der Waals surface area contributed by atoms with Crippen LogP contribution < -0.4 is 5.32 Å². The predicted molar refractivity (Wildman–Crippen MR) is 81.4 cm³/mol. The van der Waals surface area contributed by atoms with E-state index in [1.165, 1.54) is 0 Å². The molecule has 0 saturated heterocycles. The summed E-state index contributed by atoms with van der Waals surface area (Å²) in [6.45, 7) is 13.5. The summed E-state index contributed by atoms with van der Waals surface area (Å²) < 4.78 is 0. The molecule has 0 rings (SSSR count). The maximum atomic E-state index is 10.8. The Kier molecular flexibility index (Phi) is 9.62. The molecule has 0 saturated carbocycles. The number of nitrogens with one attached hydrogen (secondary N) is 1. The molecule has 0 fully saturated rings. The Morgan fingerprint density at radius 2 is 1.74 bits per heavy atom. The normalized spacial score (nSPS) is 16.9. The zero-order valence-electron chi connectivity index (χ0n) is 13.4. The average molecular weight is 274 g/mol. The van der Waals surface area contributed by atoms with Gasteiger partial charge in [-0.1, -0.05) is 41.0 Å². The van der Waals surface area contributed by atoms with Gasteiger partial charge >= 0.3 is 0 Å². The first kappa shape index (κ1) is 18.8. The van der Waals surface area contributed by atoms with Crippen LogP contribution in [0.25, 0.3) is 0 Å². The van der Waals surface area contributed by atoms with Gasteiger partial charge in [0.1, 0.15) is 5.60 Å². The third-order valence-electron chi connectivity index (χ3n) is 3.68. The molecule has 0 aliphatic heterocycles. The first-order chi connectivity index (χ1) is 8.89. The van der Waals surface area contributed by atoms with E-state index >= 15 is 0 Å². The van der Waals surface area contributed by atoms with Crippen LogP contribution in [0.4, 0.5) is 0 Å². The molecule has 0 heterocycles. The zero-order chi connectivity index (χ0) is 14.9. The Bertz CT molecular complexity index is 220. The van der Waals surface area contributed by atoms with E-state index in [-0.39, 0.29) is 0 Å². The molecule has 0 aromatic heterocycles. The second kappa shape index (κ2) is 9.70. The highest BCUT2D eigenvalue weighted by Crippen LogP contribution is 2.21. The minimum Gasteiger partial charge on any atom is -0.390 e. The summed E-state index contributed by atoms with van der Waals surface area (Å²) in [6.07, 6.45) is 1.48. The second-order valence-electron chi connectivity index (χ2n) is 5.73. The van der Waals surface area contributed by atoms with Crippen LogP contribution in [0, 0.1) is 0 Å². The molecule has 2 unspecified atom stereocenters. The number of rotatable bonds is 11. The molecule has 0 aliphatic carbocycles. The van der Waals surface area contributed by atoms with Crippen molar-refractivity contribution in [2.45, 2.75) is 71.6 Å².